The zero-order chi connectivity index (χ0) is 21.6. The van der Waals surface area contributed by atoms with Gasteiger partial charge in [0, 0.05) is 12.1 Å². The van der Waals surface area contributed by atoms with Crippen LogP contribution < -0.4 is 10.1 Å². The van der Waals surface area contributed by atoms with Gasteiger partial charge in [-0.05, 0) is 49.1 Å². The summed E-state index contributed by atoms with van der Waals surface area (Å²) in [6.07, 6.45) is 2.68. The zero-order valence-electron chi connectivity index (χ0n) is 16.5. The first kappa shape index (κ1) is 21.8. The van der Waals surface area contributed by atoms with Gasteiger partial charge in [0.05, 0.1) is 10.1 Å². The molecule has 2 aromatic rings. The number of amides is 1. The second kappa shape index (κ2) is 9.75. The Bertz CT molecular complexity index is 995. The van der Waals surface area contributed by atoms with E-state index in [2.05, 4.69) is 5.32 Å². The molecule has 2 N–H and O–H groups in total. The summed E-state index contributed by atoms with van der Waals surface area (Å²) in [7, 11) is -3.41. The highest BCUT2D eigenvalue weighted by Gasteiger charge is 2.30. The van der Waals surface area contributed by atoms with Crippen molar-refractivity contribution in [3.05, 3.63) is 59.7 Å². The number of carbonyl (C=O) groups is 2. The van der Waals surface area contributed by atoms with E-state index in [1.807, 2.05) is 0 Å². The minimum atomic E-state index is -3.41. The van der Waals surface area contributed by atoms with Crippen LogP contribution in [-0.2, 0) is 16.3 Å². The quantitative estimate of drug-likeness (QED) is 0.588. The van der Waals surface area contributed by atoms with E-state index >= 15 is 0 Å². The van der Waals surface area contributed by atoms with Gasteiger partial charge in [-0.1, -0.05) is 37.1 Å². The minimum Gasteiger partial charge on any atom is -0.485 e. The van der Waals surface area contributed by atoms with Crippen molar-refractivity contribution in [2.45, 2.75) is 42.2 Å². The lowest BCUT2D eigenvalue weighted by Gasteiger charge is -2.12. The van der Waals surface area contributed by atoms with E-state index in [0.29, 0.717) is 37.1 Å². The Labute approximate surface area is 176 Å². The number of carboxylic acid groups (broad SMARTS) is 1. The fraction of sp³-hybridized carbons (Fsp3) is 0.364. The van der Waals surface area contributed by atoms with Crippen LogP contribution in [0.15, 0.2) is 53.4 Å². The predicted molar refractivity (Wildman–Crippen MR) is 112 cm³/mol. The molecule has 160 valence electrons. The number of ether oxygens (including phenoxy) is 1. The number of rotatable bonds is 9. The molecule has 0 spiro atoms. The highest BCUT2D eigenvalue weighted by Crippen LogP contribution is 2.30. The van der Waals surface area contributed by atoms with Crippen LogP contribution >= 0.6 is 0 Å². The van der Waals surface area contributed by atoms with Gasteiger partial charge < -0.3 is 15.2 Å². The van der Waals surface area contributed by atoms with Gasteiger partial charge in [-0.2, -0.15) is 0 Å². The SMILES string of the molecule is O=C(O)NCCc1ccc(OCC(=O)c2cccc(S(=O)(=O)C3CCCC3)c2)cc1. The van der Waals surface area contributed by atoms with Gasteiger partial charge in [0.2, 0.25) is 0 Å². The maximum Gasteiger partial charge on any atom is 0.404 e. The standard InChI is InChI=1S/C22H25NO6S/c24-21(15-29-18-10-8-16(9-11-18)12-13-23-22(25)26)17-4-3-7-20(14-17)30(27,28)19-5-1-2-6-19/h3-4,7-11,14,19,23H,1-2,5-6,12-13,15H2,(H,25,26). The normalized spacial score (nSPS) is 14.4. The molecule has 0 heterocycles. The van der Waals surface area contributed by atoms with E-state index in [0.717, 1.165) is 18.4 Å². The lowest BCUT2D eigenvalue weighted by Crippen LogP contribution is -2.23. The predicted octanol–water partition coefficient (Wildman–Crippen LogP) is 3.47. The fourth-order valence-corrected chi connectivity index (χ4v) is 5.43. The highest BCUT2D eigenvalue weighted by molar-refractivity contribution is 7.92. The van der Waals surface area contributed by atoms with Crippen LogP contribution in [0.4, 0.5) is 4.79 Å². The molecule has 1 amide bonds. The Morgan fingerprint density at radius 3 is 2.43 bits per heavy atom. The molecular formula is C22H25NO6S. The third-order valence-electron chi connectivity index (χ3n) is 5.21. The van der Waals surface area contributed by atoms with Gasteiger partial charge >= 0.3 is 6.09 Å². The van der Waals surface area contributed by atoms with Gasteiger partial charge in [-0.3, -0.25) is 4.79 Å². The molecular weight excluding hydrogens is 406 g/mol. The molecule has 0 aromatic heterocycles. The number of hydrogen-bond donors (Lipinski definition) is 2. The summed E-state index contributed by atoms with van der Waals surface area (Å²) in [4.78, 5) is 23.2. The monoisotopic (exact) mass is 431 g/mol. The van der Waals surface area contributed by atoms with Crippen LogP contribution in [0.25, 0.3) is 0 Å². The summed E-state index contributed by atoms with van der Waals surface area (Å²) in [6.45, 7) is 0.112. The summed E-state index contributed by atoms with van der Waals surface area (Å²) in [5.74, 6) is 0.209. The van der Waals surface area contributed by atoms with Crippen LogP contribution in [0, 0.1) is 0 Å². The summed E-state index contributed by atoms with van der Waals surface area (Å²) >= 11 is 0. The van der Waals surface area contributed by atoms with Crippen molar-refractivity contribution in [1.82, 2.24) is 5.32 Å². The van der Waals surface area contributed by atoms with Gasteiger partial charge in [0.15, 0.2) is 22.2 Å². The molecule has 1 saturated carbocycles. The number of nitrogens with one attached hydrogen (secondary N) is 1. The topological polar surface area (TPSA) is 110 Å². The third-order valence-corrected chi connectivity index (χ3v) is 7.47. The molecule has 7 nitrogen and oxygen atoms in total. The smallest absolute Gasteiger partial charge is 0.404 e. The van der Waals surface area contributed by atoms with E-state index in [9.17, 15) is 18.0 Å². The summed E-state index contributed by atoms with van der Waals surface area (Å²) in [6, 6.07) is 13.2. The van der Waals surface area contributed by atoms with Crippen molar-refractivity contribution < 1.29 is 27.9 Å². The van der Waals surface area contributed by atoms with Crippen molar-refractivity contribution in [3.63, 3.8) is 0 Å². The van der Waals surface area contributed by atoms with Gasteiger partial charge in [-0.15, -0.1) is 0 Å². The van der Waals surface area contributed by atoms with Gasteiger partial charge in [0.25, 0.3) is 0 Å². The van der Waals surface area contributed by atoms with E-state index in [-0.39, 0.29) is 22.5 Å². The first-order chi connectivity index (χ1) is 14.4. The number of Topliss-reactive ketones (excluding diaryl/α,β-unsaturated/α-hetero) is 1. The van der Waals surface area contributed by atoms with E-state index in [1.165, 1.54) is 6.07 Å². The van der Waals surface area contributed by atoms with E-state index in [1.54, 1.807) is 42.5 Å². The van der Waals surface area contributed by atoms with Gasteiger partial charge in [0.1, 0.15) is 5.75 Å². The molecule has 0 aliphatic heterocycles. The molecule has 0 radical (unpaired) electrons. The Morgan fingerprint density at radius 1 is 1.07 bits per heavy atom. The van der Waals surface area contributed by atoms with Crippen LogP contribution in [0.5, 0.6) is 5.75 Å². The lowest BCUT2D eigenvalue weighted by atomic mass is 10.1. The van der Waals surface area contributed by atoms with Crippen molar-refractivity contribution in [2.24, 2.45) is 0 Å². The third kappa shape index (κ3) is 5.60. The molecule has 0 atom stereocenters. The lowest BCUT2D eigenvalue weighted by molar-refractivity contribution is 0.0921. The minimum absolute atomic E-state index is 0.194. The average molecular weight is 432 g/mol. The summed E-state index contributed by atoms with van der Waals surface area (Å²) < 4.78 is 31.0. The molecule has 0 saturated heterocycles. The van der Waals surface area contributed by atoms with Gasteiger partial charge in [-0.25, -0.2) is 13.2 Å². The van der Waals surface area contributed by atoms with Crippen molar-refractivity contribution in [2.75, 3.05) is 13.2 Å². The Morgan fingerprint density at radius 2 is 1.77 bits per heavy atom. The number of carbonyl (C=O) groups excluding carboxylic acids is 1. The molecule has 3 rings (SSSR count). The van der Waals surface area contributed by atoms with E-state index in [4.69, 9.17) is 9.84 Å². The molecule has 2 aromatic carbocycles. The second-order valence-electron chi connectivity index (χ2n) is 7.32. The summed E-state index contributed by atoms with van der Waals surface area (Å²) in [5.41, 5.74) is 1.25. The molecule has 8 heteroatoms. The average Bonchev–Trinajstić information content (AvgIpc) is 3.29. The Balaban J connectivity index is 1.58. The maximum absolute atomic E-state index is 12.8. The molecule has 0 unspecified atom stereocenters. The largest absolute Gasteiger partial charge is 0.485 e. The second-order valence-corrected chi connectivity index (χ2v) is 9.55. The molecule has 1 fully saturated rings. The Kier molecular flexibility index (Phi) is 7.10. The number of benzene rings is 2. The van der Waals surface area contributed by atoms with Crippen molar-refractivity contribution >= 4 is 21.7 Å². The maximum atomic E-state index is 12.8. The van der Waals surface area contributed by atoms with Crippen LogP contribution in [0.2, 0.25) is 0 Å². The summed E-state index contributed by atoms with van der Waals surface area (Å²) in [5, 5.41) is 10.5. The number of sulfone groups is 1. The molecule has 0 bridgehead atoms. The van der Waals surface area contributed by atoms with Crippen LogP contribution in [-0.4, -0.2) is 43.8 Å². The van der Waals surface area contributed by atoms with Crippen molar-refractivity contribution in [3.8, 4) is 5.75 Å². The zero-order valence-corrected chi connectivity index (χ0v) is 17.4. The van der Waals surface area contributed by atoms with Crippen molar-refractivity contribution in [1.29, 1.82) is 0 Å². The highest BCUT2D eigenvalue weighted by atomic mass is 32.2. The number of ketones is 1. The van der Waals surface area contributed by atoms with Crippen LogP contribution in [0.1, 0.15) is 41.6 Å². The van der Waals surface area contributed by atoms with Crippen LogP contribution in [0.3, 0.4) is 0 Å². The molecule has 1 aliphatic rings. The molecule has 30 heavy (non-hydrogen) atoms. The molecule has 1 aliphatic carbocycles. The van der Waals surface area contributed by atoms with E-state index < -0.39 is 15.9 Å². The Hall–Kier alpha value is -2.87. The first-order valence-corrected chi connectivity index (χ1v) is 11.5. The number of hydrogen-bond acceptors (Lipinski definition) is 5. The first-order valence-electron chi connectivity index (χ1n) is 9.92. The fourth-order valence-electron chi connectivity index (χ4n) is 3.54.